The summed E-state index contributed by atoms with van der Waals surface area (Å²) in [5.41, 5.74) is -0.180. The maximum absolute atomic E-state index is 13.9. The fourth-order valence-electron chi connectivity index (χ4n) is 2.57. The van der Waals surface area contributed by atoms with E-state index in [0.717, 1.165) is 6.26 Å². The second-order valence-electron chi connectivity index (χ2n) is 5.57. The molecule has 0 amide bonds. The van der Waals surface area contributed by atoms with Gasteiger partial charge in [0.2, 0.25) is 0 Å². The van der Waals surface area contributed by atoms with Gasteiger partial charge in [-0.2, -0.15) is 5.26 Å². The third kappa shape index (κ3) is 3.22. The lowest BCUT2D eigenvalue weighted by molar-refractivity contribution is -0.0976. The van der Waals surface area contributed by atoms with Gasteiger partial charge in [0.1, 0.15) is 16.1 Å². The zero-order valence-corrected chi connectivity index (χ0v) is 15.0. The highest BCUT2D eigenvalue weighted by Gasteiger charge is 2.52. The van der Waals surface area contributed by atoms with Crippen LogP contribution in [0.25, 0.3) is 0 Å². The van der Waals surface area contributed by atoms with Gasteiger partial charge in [-0.25, -0.2) is 17.2 Å². The summed E-state index contributed by atoms with van der Waals surface area (Å²) in [4.78, 5) is 0. The Hall–Kier alpha value is -1.73. The van der Waals surface area contributed by atoms with E-state index < -0.39 is 28.3 Å². The van der Waals surface area contributed by atoms with Crippen LogP contribution in [-0.4, -0.2) is 25.7 Å². The third-order valence-corrected chi connectivity index (χ3v) is 6.80. The number of benzene rings is 1. The highest BCUT2D eigenvalue weighted by Crippen LogP contribution is 2.54. The molecule has 0 aliphatic heterocycles. The number of sulfone groups is 1. The molecule has 0 spiro atoms. The monoisotopic (exact) mass is 405 g/mol. The van der Waals surface area contributed by atoms with E-state index in [1.54, 1.807) is 0 Å². The summed E-state index contributed by atoms with van der Waals surface area (Å²) in [6.45, 7) is 0. The molecular weight excluding hydrogens is 396 g/mol. The van der Waals surface area contributed by atoms with Crippen molar-refractivity contribution in [1.29, 1.82) is 5.26 Å². The molecule has 0 saturated heterocycles. The number of fused-ring (bicyclic) bond motifs is 1. The van der Waals surface area contributed by atoms with Crippen LogP contribution in [0.2, 0.25) is 5.02 Å². The molecule has 1 heterocycles. The number of aliphatic hydroxyl groups is 1. The number of thiophene rings is 1. The fraction of sp³-hybridized carbons (Fsp3) is 0.267. The Bertz CT molecular complexity index is 1010. The van der Waals surface area contributed by atoms with Gasteiger partial charge in [0.15, 0.2) is 14.9 Å². The summed E-state index contributed by atoms with van der Waals surface area (Å²) >= 11 is 6.53. The van der Waals surface area contributed by atoms with E-state index in [0.29, 0.717) is 11.3 Å². The van der Waals surface area contributed by atoms with Crippen molar-refractivity contribution >= 4 is 32.8 Å². The number of hydrogen-bond donors (Lipinski definition) is 1. The van der Waals surface area contributed by atoms with E-state index in [9.17, 15) is 22.3 Å². The molecule has 0 bridgehead atoms. The van der Waals surface area contributed by atoms with E-state index in [1.807, 2.05) is 6.07 Å². The van der Waals surface area contributed by atoms with Gasteiger partial charge in [-0.05, 0) is 18.2 Å². The lowest BCUT2D eigenvalue weighted by Crippen LogP contribution is -2.22. The number of nitrogens with zero attached hydrogens (tertiary/aromatic N) is 1. The lowest BCUT2D eigenvalue weighted by atomic mass is 10.2. The predicted octanol–water partition coefficient (Wildman–Crippen LogP) is 3.69. The Morgan fingerprint density at radius 1 is 1.44 bits per heavy atom. The first kappa shape index (κ1) is 18.1. The largest absolute Gasteiger partial charge is 0.446 e. The molecule has 0 radical (unpaired) electrons. The normalized spacial score (nSPS) is 18.6. The van der Waals surface area contributed by atoms with Crippen molar-refractivity contribution in [1.82, 2.24) is 0 Å². The quantitative estimate of drug-likeness (QED) is 0.841. The maximum Gasteiger partial charge on any atom is 0.281 e. The Morgan fingerprint density at radius 3 is 2.72 bits per heavy atom. The molecule has 2 aromatic rings. The van der Waals surface area contributed by atoms with Crippen LogP contribution >= 0.6 is 22.9 Å². The SMILES string of the molecule is CS(=O)(=O)c1sc(Oc2cc(Cl)cc(C#N)c2)c2c1[C@H](O)C(F)(F)C2. The summed E-state index contributed by atoms with van der Waals surface area (Å²) in [5, 5.41) is 18.9. The standard InChI is InChI=1S/C15H10ClF2NO4S2/c1-25(21,22)14-11-10(5-15(17,18)12(11)20)13(24-14)23-9-3-7(6-19)2-8(16)4-9/h2-4,12,20H,5H2,1H3/t12-/m0/s1. The number of nitriles is 1. The van der Waals surface area contributed by atoms with Crippen molar-refractivity contribution < 1.29 is 27.0 Å². The van der Waals surface area contributed by atoms with Gasteiger partial charge in [0.25, 0.3) is 5.92 Å². The topological polar surface area (TPSA) is 87.4 Å². The molecule has 132 valence electrons. The van der Waals surface area contributed by atoms with Crippen LogP contribution in [0.15, 0.2) is 22.4 Å². The first-order valence-corrected chi connectivity index (χ1v) is 9.91. The predicted molar refractivity (Wildman–Crippen MR) is 87.3 cm³/mol. The van der Waals surface area contributed by atoms with Crippen LogP contribution in [-0.2, 0) is 16.3 Å². The Balaban J connectivity index is 2.12. The molecule has 0 saturated carbocycles. The van der Waals surface area contributed by atoms with Gasteiger partial charge in [0.05, 0.1) is 11.6 Å². The van der Waals surface area contributed by atoms with E-state index in [-0.39, 0.29) is 36.7 Å². The zero-order chi connectivity index (χ0) is 18.6. The average molecular weight is 406 g/mol. The van der Waals surface area contributed by atoms with Crippen LogP contribution in [0.4, 0.5) is 8.78 Å². The molecule has 1 aliphatic carbocycles. The molecule has 1 aromatic heterocycles. The van der Waals surface area contributed by atoms with Gasteiger partial charge >= 0.3 is 0 Å². The smallest absolute Gasteiger partial charge is 0.281 e. The molecule has 1 aliphatic rings. The summed E-state index contributed by atoms with van der Waals surface area (Å²) in [7, 11) is -3.84. The third-order valence-electron chi connectivity index (χ3n) is 3.61. The van der Waals surface area contributed by atoms with Crippen molar-refractivity contribution in [2.24, 2.45) is 0 Å². The summed E-state index contributed by atoms with van der Waals surface area (Å²) in [6.07, 6.45) is -2.18. The number of ether oxygens (including phenoxy) is 1. The van der Waals surface area contributed by atoms with Gasteiger partial charge in [-0.1, -0.05) is 22.9 Å². The van der Waals surface area contributed by atoms with Gasteiger partial charge in [0, 0.05) is 28.8 Å². The van der Waals surface area contributed by atoms with Crippen molar-refractivity contribution in [2.75, 3.05) is 6.26 Å². The number of rotatable bonds is 3. The maximum atomic E-state index is 13.9. The Labute approximate surface area is 151 Å². The van der Waals surface area contributed by atoms with E-state index in [1.165, 1.54) is 18.2 Å². The minimum atomic E-state index is -3.84. The van der Waals surface area contributed by atoms with Gasteiger partial charge < -0.3 is 9.84 Å². The van der Waals surface area contributed by atoms with Crippen LogP contribution in [0, 0.1) is 11.3 Å². The van der Waals surface area contributed by atoms with Crippen LogP contribution in [0.3, 0.4) is 0 Å². The number of hydrogen-bond acceptors (Lipinski definition) is 6. The van der Waals surface area contributed by atoms with Gasteiger partial charge in [-0.3, -0.25) is 0 Å². The van der Waals surface area contributed by atoms with Crippen molar-refractivity contribution in [3.63, 3.8) is 0 Å². The first-order valence-electron chi connectivity index (χ1n) is 6.83. The molecule has 3 rings (SSSR count). The highest BCUT2D eigenvalue weighted by molar-refractivity contribution is 7.92. The van der Waals surface area contributed by atoms with Crippen LogP contribution in [0.1, 0.15) is 22.8 Å². The number of aliphatic hydroxyl groups excluding tert-OH is 1. The van der Waals surface area contributed by atoms with Crippen molar-refractivity contribution in [2.45, 2.75) is 22.7 Å². The summed E-state index contributed by atoms with van der Waals surface area (Å²) in [5.74, 6) is -3.37. The highest BCUT2D eigenvalue weighted by atomic mass is 35.5. The molecule has 0 unspecified atom stereocenters. The lowest BCUT2D eigenvalue weighted by Gasteiger charge is -2.14. The number of halogens is 3. The number of alkyl halides is 2. The van der Waals surface area contributed by atoms with Gasteiger partial charge in [-0.15, -0.1) is 0 Å². The molecule has 5 nitrogen and oxygen atoms in total. The minimum absolute atomic E-state index is 0.0543. The molecule has 1 N–H and O–H groups in total. The van der Waals surface area contributed by atoms with E-state index >= 15 is 0 Å². The molecule has 10 heteroatoms. The Morgan fingerprint density at radius 2 is 2.12 bits per heavy atom. The fourth-order valence-corrected chi connectivity index (χ4v) is 5.22. The molecule has 1 aromatic carbocycles. The minimum Gasteiger partial charge on any atom is -0.446 e. The van der Waals surface area contributed by atoms with Crippen molar-refractivity contribution in [3.8, 4) is 16.9 Å². The van der Waals surface area contributed by atoms with E-state index in [4.69, 9.17) is 21.6 Å². The molecular formula is C15H10ClF2NO4S2. The second kappa shape index (κ2) is 5.92. The second-order valence-corrected chi connectivity index (χ2v) is 9.20. The first-order chi connectivity index (χ1) is 11.5. The van der Waals surface area contributed by atoms with E-state index in [2.05, 4.69) is 0 Å². The molecule has 1 atom stereocenters. The average Bonchev–Trinajstić information content (AvgIpc) is 2.94. The van der Waals surface area contributed by atoms with Crippen LogP contribution in [0.5, 0.6) is 10.8 Å². The Kier molecular flexibility index (Phi) is 4.28. The molecule has 0 fully saturated rings. The van der Waals surface area contributed by atoms with Crippen LogP contribution < -0.4 is 4.74 Å². The summed E-state index contributed by atoms with van der Waals surface area (Å²) in [6, 6.07) is 6.00. The van der Waals surface area contributed by atoms with Crippen molar-refractivity contribution in [3.05, 3.63) is 39.9 Å². The summed E-state index contributed by atoms with van der Waals surface area (Å²) < 4.78 is 56.7. The molecule has 25 heavy (non-hydrogen) atoms. The zero-order valence-electron chi connectivity index (χ0n) is 12.6.